The Kier molecular flexibility index (Phi) is 7.16. The van der Waals surface area contributed by atoms with E-state index >= 15 is 0 Å². The van der Waals surface area contributed by atoms with Crippen molar-refractivity contribution in [1.82, 2.24) is 14.5 Å². The van der Waals surface area contributed by atoms with Crippen molar-refractivity contribution in [2.24, 2.45) is 0 Å². The molecular weight excluding hydrogens is 424 g/mol. The first kappa shape index (κ1) is 23.7. The van der Waals surface area contributed by atoms with E-state index in [-0.39, 0.29) is 18.9 Å². The number of rotatable bonds is 8. The number of benzene rings is 2. The highest BCUT2D eigenvalue weighted by Gasteiger charge is 2.23. The van der Waals surface area contributed by atoms with E-state index in [1.165, 1.54) is 0 Å². The van der Waals surface area contributed by atoms with Gasteiger partial charge in [0.05, 0.1) is 17.6 Å². The van der Waals surface area contributed by atoms with Crippen LogP contribution in [0.4, 0.5) is 5.82 Å². The number of sulfonamides is 1. The van der Waals surface area contributed by atoms with Crippen LogP contribution in [0.15, 0.2) is 47.5 Å². The maximum atomic E-state index is 13.0. The highest BCUT2D eigenvalue weighted by Crippen LogP contribution is 2.29. The normalized spacial score (nSPS) is 11.5. The van der Waals surface area contributed by atoms with Gasteiger partial charge in [0.15, 0.2) is 0 Å². The summed E-state index contributed by atoms with van der Waals surface area (Å²) in [5.41, 5.74) is 5.59. The van der Waals surface area contributed by atoms with E-state index in [0.717, 1.165) is 33.4 Å². The van der Waals surface area contributed by atoms with Gasteiger partial charge in [-0.05, 0) is 68.0 Å². The Morgan fingerprint density at radius 1 is 0.906 bits per heavy atom. The van der Waals surface area contributed by atoms with Gasteiger partial charge in [-0.25, -0.2) is 17.8 Å². The van der Waals surface area contributed by atoms with Crippen LogP contribution in [0.3, 0.4) is 0 Å². The topological polar surface area (TPSA) is 93.1 Å². The fraction of sp³-hybridized carbons (Fsp3) is 0.333. The second kappa shape index (κ2) is 9.67. The fourth-order valence-corrected chi connectivity index (χ4v) is 5.39. The molecule has 32 heavy (non-hydrogen) atoms. The van der Waals surface area contributed by atoms with Gasteiger partial charge in [0.2, 0.25) is 15.9 Å². The average Bonchev–Trinajstić information content (AvgIpc) is 3.17. The van der Waals surface area contributed by atoms with E-state index in [1.807, 2.05) is 65.0 Å². The van der Waals surface area contributed by atoms with Gasteiger partial charge in [-0.1, -0.05) is 30.3 Å². The van der Waals surface area contributed by atoms with Crippen molar-refractivity contribution in [3.05, 3.63) is 76.0 Å². The molecule has 0 aliphatic carbocycles. The molecule has 0 aliphatic rings. The van der Waals surface area contributed by atoms with Crippen molar-refractivity contribution in [2.75, 3.05) is 11.9 Å². The molecule has 0 fully saturated rings. The summed E-state index contributed by atoms with van der Waals surface area (Å²) in [5.74, 6) is 0.283. The van der Waals surface area contributed by atoms with E-state index in [4.69, 9.17) is 0 Å². The van der Waals surface area contributed by atoms with Crippen molar-refractivity contribution >= 4 is 21.7 Å². The number of nitrogens with zero attached hydrogens (tertiary/aromatic N) is 2. The van der Waals surface area contributed by atoms with Crippen molar-refractivity contribution < 1.29 is 13.2 Å². The van der Waals surface area contributed by atoms with Gasteiger partial charge >= 0.3 is 0 Å². The molecule has 1 aromatic heterocycles. The van der Waals surface area contributed by atoms with Gasteiger partial charge in [0.1, 0.15) is 5.82 Å². The molecule has 7 nitrogen and oxygen atoms in total. The largest absolute Gasteiger partial charge is 0.311 e. The van der Waals surface area contributed by atoms with Gasteiger partial charge in [-0.2, -0.15) is 5.10 Å². The van der Waals surface area contributed by atoms with E-state index < -0.39 is 10.0 Å². The molecule has 0 unspecified atom stereocenters. The van der Waals surface area contributed by atoms with E-state index in [2.05, 4.69) is 15.1 Å². The zero-order valence-corrected chi connectivity index (χ0v) is 20.0. The van der Waals surface area contributed by atoms with Crippen LogP contribution in [0.5, 0.6) is 0 Å². The highest BCUT2D eigenvalue weighted by atomic mass is 32.2. The number of carbonyl (C=O) groups excluding carboxylic acids is 1. The van der Waals surface area contributed by atoms with Crippen LogP contribution in [0.2, 0.25) is 0 Å². The Morgan fingerprint density at radius 2 is 1.50 bits per heavy atom. The molecular formula is C24H30N4O3S. The maximum absolute atomic E-state index is 13.0. The first-order valence-electron chi connectivity index (χ1n) is 10.5. The smallest absolute Gasteiger partial charge is 0.241 e. The zero-order valence-electron chi connectivity index (χ0n) is 19.2. The molecule has 2 aromatic carbocycles. The first-order chi connectivity index (χ1) is 15.1. The summed E-state index contributed by atoms with van der Waals surface area (Å²) in [4.78, 5) is 12.7. The monoisotopic (exact) mass is 454 g/mol. The summed E-state index contributed by atoms with van der Waals surface area (Å²) in [6, 6.07) is 11.5. The predicted octanol–water partition coefficient (Wildman–Crippen LogP) is 3.78. The second-order valence-corrected chi connectivity index (χ2v) is 9.71. The molecule has 8 heteroatoms. The first-order valence-corrected chi connectivity index (χ1v) is 12.0. The predicted molar refractivity (Wildman–Crippen MR) is 126 cm³/mol. The molecule has 170 valence electrons. The van der Waals surface area contributed by atoms with Gasteiger partial charge in [0.25, 0.3) is 0 Å². The second-order valence-electron chi connectivity index (χ2n) is 8.01. The molecule has 0 saturated heterocycles. The molecule has 1 amide bonds. The molecule has 0 radical (unpaired) electrons. The van der Waals surface area contributed by atoms with Crippen LogP contribution in [0.25, 0.3) is 0 Å². The van der Waals surface area contributed by atoms with Gasteiger partial charge < -0.3 is 5.32 Å². The molecule has 0 bridgehead atoms. The van der Waals surface area contributed by atoms with Crippen molar-refractivity contribution in [3.63, 3.8) is 0 Å². The third-order valence-electron chi connectivity index (χ3n) is 6.00. The molecule has 3 rings (SSSR count). The summed E-state index contributed by atoms with van der Waals surface area (Å²) in [6.45, 7) is 10.0. The van der Waals surface area contributed by atoms with E-state index in [9.17, 15) is 13.2 Å². The van der Waals surface area contributed by atoms with Crippen LogP contribution in [0.1, 0.15) is 39.8 Å². The van der Waals surface area contributed by atoms with Crippen LogP contribution >= 0.6 is 0 Å². The van der Waals surface area contributed by atoms with Crippen molar-refractivity contribution in [2.45, 2.75) is 52.5 Å². The number of hydrogen-bond donors (Lipinski definition) is 2. The lowest BCUT2D eigenvalue weighted by Crippen LogP contribution is -2.29. The minimum atomic E-state index is -3.74. The number of anilines is 1. The van der Waals surface area contributed by atoms with Crippen LogP contribution in [0, 0.1) is 34.6 Å². The van der Waals surface area contributed by atoms with Crippen LogP contribution in [-0.2, 0) is 21.4 Å². The summed E-state index contributed by atoms with van der Waals surface area (Å²) in [6.07, 6.45) is 1.63. The lowest BCUT2D eigenvalue weighted by atomic mass is 9.95. The molecule has 0 saturated carbocycles. The number of hydrogen-bond acceptors (Lipinski definition) is 4. The SMILES string of the molecule is Cc1c(C)c(C)c(S(=O)(=O)NCCC(=O)Nc2ccnn2Cc2ccccc2)c(C)c1C. The Morgan fingerprint density at radius 3 is 2.12 bits per heavy atom. The van der Waals surface area contributed by atoms with Crippen LogP contribution < -0.4 is 10.0 Å². The third kappa shape index (κ3) is 5.08. The minimum Gasteiger partial charge on any atom is -0.311 e. The lowest BCUT2D eigenvalue weighted by Gasteiger charge is -2.19. The number of aromatic nitrogens is 2. The molecule has 0 aliphatic heterocycles. The molecule has 1 heterocycles. The number of nitrogens with one attached hydrogen (secondary N) is 2. The maximum Gasteiger partial charge on any atom is 0.241 e. The number of amides is 1. The van der Waals surface area contributed by atoms with Gasteiger partial charge in [0, 0.05) is 19.0 Å². The van der Waals surface area contributed by atoms with Crippen molar-refractivity contribution in [3.8, 4) is 0 Å². The molecule has 3 aromatic rings. The van der Waals surface area contributed by atoms with E-state index in [1.54, 1.807) is 16.9 Å². The summed E-state index contributed by atoms with van der Waals surface area (Å²) in [5, 5.41) is 7.07. The van der Waals surface area contributed by atoms with E-state index in [0.29, 0.717) is 17.3 Å². The Hall–Kier alpha value is -2.97. The molecule has 0 spiro atoms. The lowest BCUT2D eigenvalue weighted by molar-refractivity contribution is -0.116. The summed E-state index contributed by atoms with van der Waals surface area (Å²) >= 11 is 0. The Bertz CT molecular complexity index is 1200. The van der Waals surface area contributed by atoms with Gasteiger partial charge in [-0.3, -0.25) is 4.79 Å². The Labute approximate surface area is 189 Å². The van der Waals surface area contributed by atoms with Crippen LogP contribution in [-0.4, -0.2) is 30.7 Å². The minimum absolute atomic E-state index is 0.00579. The Balaban J connectivity index is 1.63. The number of carbonyl (C=O) groups is 1. The molecule has 0 atom stereocenters. The molecule has 2 N–H and O–H groups in total. The van der Waals surface area contributed by atoms with Crippen molar-refractivity contribution in [1.29, 1.82) is 0 Å². The summed E-state index contributed by atoms with van der Waals surface area (Å²) < 4.78 is 30.3. The summed E-state index contributed by atoms with van der Waals surface area (Å²) in [7, 11) is -3.74. The average molecular weight is 455 g/mol. The van der Waals surface area contributed by atoms with Gasteiger partial charge in [-0.15, -0.1) is 0 Å². The standard InChI is InChI=1S/C24H30N4O3S/c1-16-17(2)19(4)24(20(5)18(16)3)32(30,31)26-14-12-23(29)27-22-11-13-25-28(22)15-21-9-7-6-8-10-21/h6-11,13,26H,12,14-15H2,1-5H3,(H,27,29). The fourth-order valence-electron chi connectivity index (χ4n) is 3.77. The zero-order chi connectivity index (χ0) is 23.5. The quantitative estimate of drug-likeness (QED) is 0.542. The third-order valence-corrected chi connectivity index (χ3v) is 7.74. The highest BCUT2D eigenvalue weighted by molar-refractivity contribution is 7.89.